The average molecular weight is 341 g/mol. The highest BCUT2D eigenvalue weighted by Gasteiger charge is 2.39. The molecule has 0 spiro atoms. The molecule has 0 unspecified atom stereocenters. The normalized spacial score (nSPS) is 19.7. The highest BCUT2D eigenvalue weighted by atomic mass is 16.2. The second kappa shape index (κ2) is 7.57. The molecular weight excluding hydrogens is 318 g/mol. The van der Waals surface area contributed by atoms with Gasteiger partial charge in [0, 0.05) is 12.6 Å². The van der Waals surface area contributed by atoms with E-state index in [-0.39, 0.29) is 17.9 Å². The van der Waals surface area contributed by atoms with Crippen LogP contribution in [-0.2, 0) is 17.8 Å². The maximum absolute atomic E-state index is 13.2. The van der Waals surface area contributed by atoms with E-state index in [0.717, 1.165) is 18.4 Å². The summed E-state index contributed by atoms with van der Waals surface area (Å²) in [6, 6.07) is 31.2. The van der Waals surface area contributed by atoms with Crippen molar-refractivity contribution in [3.05, 3.63) is 108 Å². The summed E-state index contributed by atoms with van der Waals surface area (Å²) in [5.74, 6) is 0.217. The summed E-state index contributed by atoms with van der Waals surface area (Å²) in [7, 11) is 0. The van der Waals surface area contributed by atoms with Gasteiger partial charge in [0.2, 0.25) is 5.91 Å². The lowest BCUT2D eigenvalue weighted by atomic mass is 9.94. The summed E-state index contributed by atoms with van der Waals surface area (Å²) in [4.78, 5) is 15.3. The van der Waals surface area contributed by atoms with Crippen LogP contribution >= 0.6 is 0 Å². The number of carbonyl (C=O) groups excluding carboxylic acids is 1. The lowest BCUT2D eigenvalue weighted by Crippen LogP contribution is -2.34. The van der Waals surface area contributed by atoms with Gasteiger partial charge < -0.3 is 4.90 Å². The SMILES string of the molecule is O=C1[C@H](c2ccccc2)C[C@H](Cc2ccccc2)N1Cc1ccccc1. The second-order valence-corrected chi connectivity index (χ2v) is 6.99. The molecule has 0 aliphatic carbocycles. The molecule has 4 rings (SSSR count). The molecule has 1 aliphatic heterocycles. The zero-order valence-electron chi connectivity index (χ0n) is 14.8. The highest BCUT2D eigenvalue weighted by Crippen LogP contribution is 2.35. The van der Waals surface area contributed by atoms with Crippen molar-refractivity contribution in [1.29, 1.82) is 0 Å². The van der Waals surface area contributed by atoms with Crippen LogP contribution in [-0.4, -0.2) is 16.8 Å². The van der Waals surface area contributed by atoms with Crippen molar-refractivity contribution >= 4 is 5.91 Å². The van der Waals surface area contributed by atoms with Gasteiger partial charge in [-0.3, -0.25) is 4.79 Å². The van der Waals surface area contributed by atoms with E-state index in [9.17, 15) is 4.79 Å². The third-order valence-corrected chi connectivity index (χ3v) is 5.24. The van der Waals surface area contributed by atoms with Crippen LogP contribution in [0.2, 0.25) is 0 Å². The Balaban J connectivity index is 1.61. The molecule has 2 nitrogen and oxygen atoms in total. The van der Waals surface area contributed by atoms with Crippen LogP contribution < -0.4 is 0 Å². The fraction of sp³-hybridized carbons (Fsp3) is 0.208. The van der Waals surface area contributed by atoms with Crippen molar-refractivity contribution in [1.82, 2.24) is 4.90 Å². The molecule has 3 aromatic rings. The number of carbonyl (C=O) groups is 1. The quantitative estimate of drug-likeness (QED) is 0.652. The predicted octanol–water partition coefficient (Wildman–Crippen LogP) is 4.81. The van der Waals surface area contributed by atoms with Crippen molar-refractivity contribution in [2.24, 2.45) is 0 Å². The molecule has 1 saturated heterocycles. The number of hydrogen-bond acceptors (Lipinski definition) is 1. The molecule has 1 aliphatic rings. The number of hydrogen-bond donors (Lipinski definition) is 0. The Kier molecular flexibility index (Phi) is 4.83. The highest BCUT2D eigenvalue weighted by molar-refractivity contribution is 5.86. The van der Waals surface area contributed by atoms with Gasteiger partial charge in [-0.25, -0.2) is 0 Å². The first kappa shape index (κ1) is 16.6. The zero-order chi connectivity index (χ0) is 17.8. The molecular formula is C24H23NO. The first-order valence-electron chi connectivity index (χ1n) is 9.24. The molecule has 1 heterocycles. The van der Waals surface area contributed by atoms with Gasteiger partial charge in [0.1, 0.15) is 0 Å². The third kappa shape index (κ3) is 3.55. The van der Waals surface area contributed by atoms with E-state index in [1.54, 1.807) is 0 Å². The Labute approximate surface area is 155 Å². The van der Waals surface area contributed by atoms with Crippen LogP contribution in [0.25, 0.3) is 0 Å². The van der Waals surface area contributed by atoms with E-state index in [1.807, 2.05) is 42.5 Å². The molecule has 0 saturated carbocycles. The summed E-state index contributed by atoms with van der Waals surface area (Å²) in [6.07, 6.45) is 1.79. The minimum absolute atomic E-state index is 0.0337. The Hall–Kier alpha value is -2.87. The zero-order valence-corrected chi connectivity index (χ0v) is 14.8. The van der Waals surface area contributed by atoms with Crippen LogP contribution in [0.5, 0.6) is 0 Å². The summed E-state index contributed by atoms with van der Waals surface area (Å²) in [6.45, 7) is 0.681. The smallest absolute Gasteiger partial charge is 0.230 e. The number of amides is 1. The fourth-order valence-corrected chi connectivity index (χ4v) is 3.91. The van der Waals surface area contributed by atoms with Crippen LogP contribution in [0.1, 0.15) is 29.0 Å². The number of nitrogens with zero attached hydrogens (tertiary/aromatic N) is 1. The largest absolute Gasteiger partial charge is 0.334 e. The van der Waals surface area contributed by atoms with Gasteiger partial charge in [-0.05, 0) is 29.5 Å². The standard InChI is InChI=1S/C24H23NO/c26-24-23(21-14-8-3-9-15-21)17-22(16-19-10-4-1-5-11-19)25(24)18-20-12-6-2-7-13-20/h1-15,22-23H,16-18H2/t22-,23-/m0/s1. The summed E-state index contributed by atoms with van der Waals surface area (Å²) >= 11 is 0. The first-order chi connectivity index (χ1) is 12.8. The average Bonchev–Trinajstić information content (AvgIpc) is 3.00. The van der Waals surface area contributed by atoms with Crippen molar-refractivity contribution in [2.75, 3.05) is 0 Å². The van der Waals surface area contributed by atoms with Gasteiger partial charge in [0.05, 0.1) is 5.92 Å². The van der Waals surface area contributed by atoms with Gasteiger partial charge in [-0.15, -0.1) is 0 Å². The van der Waals surface area contributed by atoms with Gasteiger partial charge >= 0.3 is 0 Å². The molecule has 130 valence electrons. The van der Waals surface area contributed by atoms with E-state index in [4.69, 9.17) is 0 Å². The lowest BCUT2D eigenvalue weighted by molar-refractivity contribution is -0.130. The molecule has 0 bridgehead atoms. The monoisotopic (exact) mass is 341 g/mol. The van der Waals surface area contributed by atoms with Crippen molar-refractivity contribution in [3.8, 4) is 0 Å². The molecule has 26 heavy (non-hydrogen) atoms. The van der Waals surface area contributed by atoms with Crippen molar-refractivity contribution in [2.45, 2.75) is 31.3 Å². The van der Waals surface area contributed by atoms with Gasteiger partial charge in [0.25, 0.3) is 0 Å². The summed E-state index contributed by atoms with van der Waals surface area (Å²) in [5, 5.41) is 0. The minimum Gasteiger partial charge on any atom is -0.334 e. The van der Waals surface area contributed by atoms with E-state index >= 15 is 0 Å². The summed E-state index contributed by atoms with van der Waals surface area (Å²) < 4.78 is 0. The van der Waals surface area contributed by atoms with Gasteiger partial charge in [0.15, 0.2) is 0 Å². The molecule has 2 atom stereocenters. The van der Waals surface area contributed by atoms with E-state index in [0.29, 0.717) is 6.54 Å². The van der Waals surface area contributed by atoms with E-state index in [1.165, 1.54) is 11.1 Å². The number of benzene rings is 3. The van der Waals surface area contributed by atoms with Crippen LogP contribution in [0.4, 0.5) is 0 Å². The molecule has 1 amide bonds. The molecule has 2 heteroatoms. The van der Waals surface area contributed by atoms with Crippen LogP contribution in [0.3, 0.4) is 0 Å². The molecule has 0 radical (unpaired) electrons. The molecule has 1 fully saturated rings. The Morgan fingerprint density at radius 3 is 1.88 bits per heavy atom. The number of likely N-dealkylation sites (tertiary alicyclic amines) is 1. The Morgan fingerprint density at radius 2 is 1.27 bits per heavy atom. The second-order valence-electron chi connectivity index (χ2n) is 6.99. The fourth-order valence-electron chi connectivity index (χ4n) is 3.91. The van der Waals surface area contributed by atoms with Gasteiger partial charge in [-0.1, -0.05) is 91.0 Å². The van der Waals surface area contributed by atoms with Crippen LogP contribution in [0.15, 0.2) is 91.0 Å². The molecule has 0 N–H and O–H groups in total. The molecule has 0 aromatic heterocycles. The van der Waals surface area contributed by atoms with Crippen LogP contribution in [0, 0.1) is 0 Å². The predicted molar refractivity (Wildman–Crippen MR) is 105 cm³/mol. The first-order valence-corrected chi connectivity index (χ1v) is 9.24. The Morgan fingerprint density at radius 1 is 0.731 bits per heavy atom. The molecule has 3 aromatic carbocycles. The Bertz CT molecular complexity index is 845. The third-order valence-electron chi connectivity index (χ3n) is 5.24. The van der Waals surface area contributed by atoms with Gasteiger partial charge in [-0.2, -0.15) is 0 Å². The number of rotatable bonds is 5. The maximum Gasteiger partial charge on any atom is 0.230 e. The maximum atomic E-state index is 13.2. The van der Waals surface area contributed by atoms with Crippen molar-refractivity contribution < 1.29 is 4.79 Å². The lowest BCUT2D eigenvalue weighted by Gasteiger charge is -2.25. The minimum atomic E-state index is -0.0337. The topological polar surface area (TPSA) is 20.3 Å². The van der Waals surface area contributed by atoms with Crippen molar-refractivity contribution in [3.63, 3.8) is 0 Å². The van der Waals surface area contributed by atoms with E-state index in [2.05, 4.69) is 53.4 Å². The summed E-state index contributed by atoms with van der Waals surface area (Å²) in [5.41, 5.74) is 3.61. The van der Waals surface area contributed by atoms with E-state index < -0.39 is 0 Å².